The Labute approximate surface area is 110 Å². The molecule has 2 heterocycles. The van der Waals surface area contributed by atoms with Gasteiger partial charge in [0.05, 0.1) is 23.7 Å². The molecule has 0 bridgehead atoms. The van der Waals surface area contributed by atoms with Crippen molar-refractivity contribution in [3.05, 3.63) is 17.5 Å². The van der Waals surface area contributed by atoms with Crippen LogP contribution in [0.15, 0.2) is 6.20 Å². The van der Waals surface area contributed by atoms with Crippen LogP contribution in [0.1, 0.15) is 23.7 Å². The van der Waals surface area contributed by atoms with Crippen molar-refractivity contribution in [2.24, 2.45) is 0 Å². The smallest absolute Gasteiger partial charge is 0.256 e. The number of aromatic nitrogens is 2. The highest BCUT2D eigenvalue weighted by atomic mass is 79.9. The van der Waals surface area contributed by atoms with Gasteiger partial charge in [0.25, 0.3) is 0 Å². The first-order valence-electron chi connectivity index (χ1n) is 5.14. The van der Waals surface area contributed by atoms with E-state index in [0.29, 0.717) is 0 Å². The van der Waals surface area contributed by atoms with Crippen molar-refractivity contribution in [2.75, 3.05) is 11.5 Å². The van der Waals surface area contributed by atoms with Crippen LogP contribution in [0.3, 0.4) is 0 Å². The van der Waals surface area contributed by atoms with Gasteiger partial charge in [-0.3, -0.25) is 4.68 Å². The molecular formula is C9H10BrF3N2O2S. The molecule has 2 rings (SSSR count). The number of nitrogens with zero attached hydrogens (tertiary/aromatic N) is 2. The van der Waals surface area contributed by atoms with Gasteiger partial charge < -0.3 is 0 Å². The van der Waals surface area contributed by atoms with Crippen LogP contribution in [-0.2, 0) is 21.3 Å². The normalized spacial score (nSPS) is 23.4. The zero-order valence-electron chi connectivity index (χ0n) is 9.11. The summed E-state index contributed by atoms with van der Waals surface area (Å²) < 4.78 is 62.3. The summed E-state index contributed by atoms with van der Waals surface area (Å²) in [6, 6.07) is -0.723. The quantitative estimate of drug-likeness (QED) is 0.771. The number of sulfone groups is 1. The molecule has 1 aromatic rings. The van der Waals surface area contributed by atoms with Crippen LogP contribution in [-0.4, -0.2) is 29.7 Å². The number of rotatable bonds is 2. The van der Waals surface area contributed by atoms with Crippen molar-refractivity contribution in [2.45, 2.75) is 24.0 Å². The van der Waals surface area contributed by atoms with Crippen LogP contribution in [0.2, 0.25) is 0 Å². The van der Waals surface area contributed by atoms with E-state index < -0.39 is 27.7 Å². The maximum atomic E-state index is 12.9. The number of halogens is 4. The largest absolute Gasteiger partial charge is 0.433 e. The molecule has 0 aliphatic carbocycles. The van der Waals surface area contributed by atoms with Gasteiger partial charge >= 0.3 is 6.18 Å². The molecule has 18 heavy (non-hydrogen) atoms. The third-order valence-electron chi connectivity index (χ3n) is 2.84. The fourth-order valence-corrected chi connectivity index (χ4v) is 4.16. The number of alkyl halides is 4. The molecule has 102 valence electrons. The van der Waals surface area contributed by atoms with Crippen molar-refractivity contribution in [1.29, 1.82) is 0 Å². The van der Waals surface area contributed by atoms with Gasteiger partial charge in [-0.15, -0.1) is 0 Å². The Bertz CT molecular complexity index is 553. The van der Waals surface area contributed by atoms with Crippen molar-refractivity contribution in [1.82, 2.24) is 9.78 Å². The van der Waals surface area contributed by atoms with E-state index in [4.69, 9.17) is 0 Å². The third-order valence-corrected chi connectivity index (χ3v) is 5.19. The van der Waals surface area contributed by atoms with Crippen molar-refractivity contribution >= 4 is 25.8 Å². The first-order valence-corrected chi connectivity index (χ1v) is 8.09. The lowest BCUT2D eigenvalue weighted by atomic mass is 10.2. The van der Waals surface area contributed by atoms with Gasteiger partial charge in [-0.05, 0) is 6.42 Å². The topological polar surface area (TPSA) is 52.0 Å². The SMILES string of the molecule is O=S1(=O)CCC(n2ncc(CBr)c2C(F)(F)F)C1. The minimum Gasteiger partial charge on any atom is -0.256 e. The molecule has 1 fully saturated rings. The van der Waals surface area contributed by atoms with Crippen LogP contribution >= 0.6 is 15.9 Å². The Morgan fingerprint density at radius 1 is 1.50 bits per heavy atom. The molecule has 0 radical (unpaired) electrons. The minimum absolute atomic E-state index is 0.0202. The van der Waals surface area contributed by atoms with E-state index in [0.717, 1.165) is 10.9 Å². The van der Waals surface area contributed by atoms with Crippen LogP contribution in [0, 0.1) is 0 Å². The highest BCUT2D eigenvalue weighted by Gasteiger charge is 2.41. The Balaban J connectivity index is 2.44. The number of hydrogen-bond acceptors (Lipinski definition) is 3. The van der Waals surface area contributed by atoms with Crippen LogP contribution < -0.4 is 0 Å². The molecule has 1 aliphatic heterocycles. The van der Waals surface area contributed by atoms with Crippen molar-refractivity contribution in [3.8, 4) is 0 Å². The van der Waals surface area contributed by atoms with Gasteiger partial charge in [0.1, 0.15) is 5.69 Å². The molecule has 0 saturated carbocycles. The Hall–Kier alpha value is -0.570. The molecule has 1 aromatic heterocycles. The fourth-order valence-electron chi connectivity index (χ4n) is 2.05. The predicted octanol–water partition coefficient (Wildman–Crippen LogP) is 2.16. The highest BCUT2D eigenvalue weighted by molar-refractivity contribution is 9.08. The summed E-state index contributed by atoms with van der Waals surface area (Å²) >= 11 is 2.97. The molecule has 1 atom stereocenters. The van der Waals surface area contributed by atoms with Gasteiger partial charge in [0.15, 0.2) is 9.84 Å². The zero-order valence-corrected chi connectivity index (χ0v) is 11.5. The standard InChI is InChI=1S/C9H10BrF3N2O2S/c10-3-6-4-14-15(8(6)9(11,12)13)7-1-2-18(16,17)5-7/h4,7H,1-3,5H2. The molecule has 1 unspecified atom stereocenters. The van der Waals surface area contributed by atoms with Crippen molar-refractivity contribution < 1.29 is 21.6 Å². The van der Waals surface area contributed by atoms with E-state index in [2.05, 4.69) is 21.0 Å². The van der Waals surface area contributed by atoms with Crippen LogP contribution in [0.4, 0.5) is 13.2 Å². The van der Waals surface area contributed by atoms with E-state index >= 15 is 0 Å². The molecule has 0 N–H and O–H groups in total. The van der Waals surface area contributed by atoms with Gasteiger partial charge in [0, 0.05) is 10.9 Å². The summed E-state index contributed by atoms with van der Waals surface area (Å²) in [6.07, 6.45) is -3.23. The lowest BCUT2D eigenvalue weighted by Gasteiger charge is -2.16. The first-order chi connectivity index (χ1) is 8.24. The molecule has 0 aromatic carbocycles. The monoisotopic (exact) mass is 346 g/mol. The van der Waals surface area contributed by atoms with E-state index in [1.54, 1.807) is 0 Å². The Kier molecular flexibility index (Phi) is 3.48. The maximum absolute atomic E-state index is 12.9. The summed E-state index contributed by atoms with van der Waals surface area (Å²) in [6.45, 7) is 0. The van der Waals surface area contributed by atoms with E-state index in [-0.39, 0.29) is 28.8 Å². The minimum atomic E-state index is -4.54. The predicted molar refractivity (Wildman–Crippen MR) is 62.2 cm³/mol. The second-order valence-electron chi connectivity index (χ2n) is 4.15. The second kappa shape index (κ2) is 4.52. The summed E-state index contributed by atoms with van der Waals surface area (Å²) in [7, 11) is -3.24. The van der Waals surface area contributed by atoms with E-state index in [1.807, 2.05) is 0 Å². The van der Waals surface area contributed by atoms with E-state index in [1.165, 1.54) is 0 Å². The first kappa shape index (κ1) is 13.9. The summed E-state index contributed by atoms with van der Waals surface area (Å²) in [5, 5.41) is 3.73. The van der Waals surface area contributed by atoms with Gasteiger partial charge in [-0.2, -0.15) is 18.3 Å². The fraction of sp³-hybridized carbons (Fsp3) is 0.667. The van der Waals surface area contributed by atoms with Crippen LogP contribution in [0.5, 0.6) is 0 Å². The summed E-state index contributed by atoms with van der Waals surface area (Å²) in [4.78, 5) is 0. The molecule has 0 spiro atoms. The molecule has 0 amide bonds. The zero-order chi connectivity index (χ0) is 13.6. The molecule has 4 nitrogen and oxygen atoms in total. The number of hydrogen-bond donors (Lipinski definition) is 0. The summed E-state index contributed by atoms with van der Waals surface area (Å²) in [5.74, 6) is -0.363. The van der Waals surface area contributed by atoms with E-state index in [9.17, 15) is 21.6 Å². The molecule has 9 heteroatoms. The lowest BCUT2D eigenvalue weighted by molar-refractivity contribution is -0.145. The third kappa shape index (κ3) is 2.56. The maximum Gasteiger partial charge on any atom is 0.433 e. The van der Waals surface area contributed by atoms with Crippen molar-refractivity contribution in [3.63, 3.8) is 0 Å². The van der Waals surface area contributed by atoms with Gasteiger partial charge in [-0.25, -0.2) is 8.42 Å². The average Bonchev–Trinajstić information content (AvgIpc) is 2.79. The van der Waals surface area contributed by atoms with Gasteiger partial charge in [0.2, 0.25) is 0 Å². The molecule has 1 aliphatic rings. The van der Waals surface area contributed by atoms with Crippen LogP contribution in [0.25, 0.3) is 0 Å². The molecular weight excluding hydrogens is 337 g/mol. The lowest BCUT2D eigenvalue weighted by Crippen LogP contribution is -2.21. The Morgan fingerprint density at radius 2 is 2.17 bits per heavy atom. The second-order valence-corrected chi connectivity index (χ2v) is 6.94. The summed E-state index contributed by atoms with van der Waals surface area (Å²) in [5.41, 5.74) is -0.840. The average molecular weight is 347 g/mol. The highest BCUT2D eigenvalue weighted by Crippen LogP contribution is 2.36. The molecule has 1 saturated heterocycles. The van der Waals surface area contributed by atoms with Gasteiger partial charge in [-0.1, -0.05) is 15.9 Å². The Morgan fingerprint density at radius 3 is 2.61 bits per heavy atom.